The smallest absolute Gasteiger partial charge is 0.0921 e. The molecule has 0 bridgehead atoms. The molecular weight excluding hydrogens is 188 g/mol. The molecule has 4 nitrogen and oxygen atoms in total. The van der Waals surface area contributed by atoms with Gasteiger partial charge in [-0.3, -0.25) is 4.98 Å². The van der Waals surface area contributed by atoms with Crippen molar-refractivity contribution >= 4 is 0 Å². The van der Waals surface area contributed by atoms with Gasteiger partial charge in [-0.15, -0.1) is 0 Å². The van der Waals surface area contributed by atoms with Crippen molar-refractivity contribution < 1.29 is 0 Å². The molecule has 78 valence electrons. The lowest BCUT2D eigenvalue weighted by atomic mass is 10.3. The minimum Gasteiger partial charge on any atom is -0.348 e. The average Bonchev–Trinajstić information content (AvgIpc) is 2.79. The van der Waals surface area contributed by atoms with Gasteiger partial charge in [-0.25, -0.2) is 4.98 Å². The van der Waals surface area contributed by atoms with E-state index in [1.54, 1.807) is 12.5 Å². The molecule has 0 unspecified atom stereocenters. The van der Waals surface area contributed by atoms with E-state index >= 15 is 0 Å². The second-order valence-electron chi connectivity index (χ2n) is 3.36. The molecule has 0 aliphatic carbocycles. The fourth-order valence-corrected chi connectivity index (χ4v) is 1.38. The van der Waals surface area contributed by atoms with Crippen LogP contribution >= 0.6 is 0 Å². The predicted octanol–water partition coefficient (Wildman–Crippen LogP) is 1.14. The lowest BCUT2D eigenvalue weighted by Gasteiger charge is -2.02. The number of nitrogens with zero attached hydrogens (tertiary/aromatic N) is 2. The summed E-state index contributed by atoms with van der Waals surface area (Å²) in [5.74, 6) is 0. The Morgan fingerprint density at radius 2 is 2.27 bits per heavy atom. The third kappa shape index (κ3) is 3.18. The zero-order chi connectivity index (χ0) is 10.3. The van der Waals surface area contributed by atoms with E-state index < -0.39 is 0 Å². The van der Waals surface area contributed by atoms with Crippen molar-refractivity contribution in [3.8, 4) is 0 Å². The number of hydrogen-bond acceptors (Lipinski definition) is 3. The SMILES string of the molecule is c1cncc(CNCCc2cnc[nH]2)c1. The van der Waals surface area contributed by atoms with Gasteiger partial charge in [-0.2, -0.15) is 0 Å². The summed E-state index contributed by atoms with van der Waals surface area (Å²) in [7, 11) is 0. The van der Waals surface area contributed by atoms with Gasteiger partial charge < -0.3 is 10.3 Å². The number of aromatic nitrogens is 3. The Morgan fingerprint density at radius 1 is 1.27 bits per heavy atom. The Kier molecular flexibility index (Phi) is 3.46. The van der Waals surface area contributed by atoms with E-state index in [2.05, 4.69) is 26.3 Å². The lowest BCUT2D eigenvalue weighted by molar-refractivity contribution is 0.680. The van der Waals surface area contributed by atoms with Gasteiger partial charge in [0.25, 0.3) is 0 Å². The Labute approximate surface area is 88.8 Å². The molecule has 0 atom stereocenters. The Hall–Kier alpha value is -1.68. The molecule has 0 saturated carbocycles. The van der Waals surface area contributed by atoms with Gasteiger partial charge in [-0.1, -0.05) is 6.07 Å². The highest BCUT2D eigenvalue weighted by Gasteiger charge is 1.94. The molecule has 0 saturated heterocycles. The average molecular weight is 202 g/mol. The van der Waals surface area contributed by atoms with Crippen LogP contribution in [0, 0.1) is 0 Å². The summed E-state index contributed by atoms with van der Waals surface area (Å²) in [5.41, 5.74) is 2.37. The summed E-state index contributed by atoms with van der Waals surface area (Å²) in [6, 6.07) is 4.02. The first-order valence-corrected chi connectivity index (χ1v) is 5.02. The van der Waals surface area contributed by atoms with Crippen LogP contribution in [0.1, 0.15) is 11.3 Å². The maximum absolute atomic E-state index is 4.06. The molecule has 0 aliphatic rings. The summed E-state index contributed by atoms with van der Waals surface area (Å²) in [6.07, 6.45) is 8.19. The van der Waals surface area contributed by atoms with Gasteiger partial charge in [0.05, 0.1) is 6.33 Å². The van der Waals surface area contributed by atoms with Crippen LogP contribution in [-0.4, -0.2) is 21.5 Å². The molecule has 2 aromatic heterocycles. The van der Waals surface area contributed by atoms with E-state index in [4.69, 9.17) is 0 Å². The zero-order valence-corrected chi connectivity index (χ0v) is 8.48. The monoisotopic (exact) mass is 202 g/mol. The van der Waals surface area contributed by atoms with Crippen molar-refractivity contribution in [1.82, 2.24) is 20.3 Å². The van der Waals surface area contributed by atoms with Crippen molar-refractivity contribution in [2.24, 2.45) is 0 Å². The molecule has 4 heteroatoms. The van der Waals surface area contributed by atoms with Crippen LogP contribution in [0.15, 0.2) is 37.1 Å². The minimum atomic E-state index is 0.863. The zero-order valence-electron chi connectivity index (χ0n) is 8.48. The third-order valence-electron chi connectivity index (χ3n) is 2.18. The molecule has 0 fully saturated rings. The Bertz CT molecular complexity index is 369. The van der Waals surface area contributed by atoms with Gasteiger partial charge in [-0.05, 0) is 11.6 Å². The molecule has 0 aromatic carbocycles. The van der Waals surface area contributed by atoms with Crippen LogP contribution in [0.25, 0.3) is 0 Å². The van der Waals surface area contributed by atoms with Gasteiger partial charge in [0, 0.05) is 43.8 Å². The van der Waals surface area contributed by atoms with Crippen molar-refractivity contribution in [3.05, 3.63) is 48.3 Å². The van der Waals surface area contributed by atoms with Crippen LogP contribution in [0.3, 0.4) is 0 Å². The molecular formula is C11H14N4. The summed E-state index contributed by atoms with van der Waals surface area (Å²) < 4.78 is 0. The highest BCUT2D eigenvalue weighted by atomic mass is 14.9. The van der Waals surface area contributed by atoms with E-state index in [0.29, 0.717) is 0 Å². The summed E-state index contributed by atoms with van der Waals surface area (Å²) in [4.78, 5) is 11.1. The molecule has 2 heterocycles. The van der Waals surface area contributed by atoms with Gasteiger partial charge >= 0.3 is 0 Å². The molecule has 0 radical (unpaired) electrons. The van der Waals surface area contributed by atoms with E-state index in [1.165, 1.54) is 5.56 Å². The Balaban J connectivity index is 1.68. The first kappa shape index (κ1) is 9.86. The maximum Gasteiger partial charge on any atom is 0.0921 e. The first-order chi connectivity index (χ1) is 7.45. The van der Waals surface area contributed by atoms with Crippen molar-refractivity contribution in [2.45, 2.75) is 13.0 Å². The standard InChI is InChI=1S/C11H14N4/c1-2-10(6-12-4-1)7-13-5-3-11-8-14-9-15-11/h1-2,4,6,8-9,13H,3,5,7H2,(H,14,15). The normalized spacial score (nSPS) is 10.4. The number of rotatable bonds is 5. The number of nitrogens with one attached hydrogen (secondary N) is 2. The number of H-pyrrole nitrogens is 1. The largest absolute Gasteiger partial charge is 0.348 e. The van der Waals surface area contributed by atoms with Crippen molar-refractivity contribution in [2.75, 3.05) is 6.54 Å². The van der Waals surface area contributed by atoms with Gasteiger partial charge in [0.15, 0.2) is 0 Å². The fraction of sp³-hybridized carbons (Fsp3) is 0.273. The van der Waals surface area contributed by atoms with Gasteiger partial charge in [0.2, 0.25) is 0 Å². The van der Waals surface area contributed by atoms with Crippen LogP contribution in [0.4, 0.5) is 0 Å². The summed E-state index contributed by atoms with van der Waals surface area (Å²) in [5, 5.41) is 3.35. The number of pyridine rings is 1. The van der Waals surface area contributed by atoms with Crippen LogP contribution in [-0.2, 0) is 13.0 Å². The fourth-order valence-electron chi connectivity index (χ4n) is 1.38. The minimum absolute atomic E-state index is 0.863. The molecule has 2 aromatic rings. The highest BCUT2D eigenvalue weighted by molar-refractivity contribution is 5.07. The Morgan fingerprint density at radius 3 is 3.00 bits per heavy atom. The summed E-state index contributed by atoms with van der Waals surface area (Å²) >= 11 is 0. The summed E-state index contributed by atoms with van der Waals surface area (Å²) in [6.45, 7) is 1.80. The third-order valence-corrected chi connectivity index (χ3v) is 2.18. The van der Waals surface area contributed by atoms with Crippen molar-refractivity contribution in [3.63, 3.8) is 0 Å². The second kappa shape index (κ2) is 5.26. The topological polar surface area (TPSA) is 53.6 Å². The number of aromatic amines is 1. The van der Waals surface area contributed by atoms with E-state index in [-0.39, 0.29) is 0 Å². The number of imidazole rings is 1. The number of hydrogen-bond donors (Lipinski definition) is 2. The molecule has 2 rings (SSSR count). The van der Waals surface area contributed by atoms with E-state index in [9.17, 15) is 0 Å². The molecule has 15 heavy (non-hydrogen) atoms. The molecule has 0 amide bonds. The predicted molar refractivity (Wildman–Crippen MR) is 58.2 cm³/mol. The molecule has 0 aliphatic heterocycles. The van der Waals surface area contributed by atoms with Gasteiger partial charge in [0.1, 0.15) is 0 Å². The molecule has 0 spiro atoms. The maximum atomic E-state index is 4.06. The van der Waals surface area contributed by atoms with Crippen LogP contribution in [0.2, 0.25) is 0 Å². The second-order valence-corrected chi connectivity index (χ2v) is 3.36. The quantitative estimate of drug-likeness (QED) is 0.715. The molecule has 2 N–H and O–H groups in total. The first-order valence-electron chi connectivity index (χ1n) is 5.02. The highest BCUT2D eigenvalue weighted by Crippen LogP contribution is 1.95. The van der Waals surface area contributed by atoms with E-state index in [1.807, 2.05) is 18.5 Å². The van der Waals surface area contributed by atoms with Crippen LogP contribution < -0.4 is 5.32 Å². The van der Waals surface area contributed by atoms with Crippen LogP contribution in [0.5, 0.6) is 0 Å². The lowest BCUT2D eigenvalue weighted by Crippen LogP contribution is -2.16. The van der Waals surface area contributed by atoms with E-state index in [0.717, 1.165) is 25.2 Å². The van der Waals surface area contributed by atoms with Crippen molar-refractivity contribution in [1.29, 1.82) is 0 Å².